The minimum atomic E-state index is -0.105. The van der Waals surface area contributed by atoms with Crippen molar-refractivity contribution in [3.05, 3.63) is 0 Å². The molecule has 5 heteroatoms. The molecule has 0 aliphatic carbocycles. The van der Waals surface area contributed by atoms with Crippen molar-refractivity contribution in [2.24, 2.45) is 0 Å². The van der Waals surface area contributed by atoms with Crippen LogP contribution in [0.5, 0.6) is 0 Å². The summed E-state index contributed by atoms with van der Waals surface area (Å²) in [6.07, 6.45) is 0. The fourth-order valence-corrected chi connectivity index (χ4v) is 0.732. The second-order valence-corrected chi connectivity index (χ2v) is 2.71. The number of aliphatic hydroxyl groups is 1. The van der Waals surface area contributed by atoms with E-state index in [1.807, 2.05) is 14.1 Å². The van der Waals surface area contributed by atoms with Crippen molar-refractivity contribution in [3.63, 3.8) is 0 Å². The standard InChI is InChI=1S/C5H11NO2P.BrH/c1-6(2,3-4-7)5-9-8;/h7H,3-4H2,1-2H3;1H/q+1;/p-1. The molecular weight excluding hydrogens is 217 g/mol. The molecule has 0 spiro atoms. The minimum Gasteiger partial charge on any atom is -1.00 e. The van der Waals surface area contributed by atoms with Crippen molar-refractivity contribution in [2.45, 2.75) is 0 Å². The summed E-state index contributed by atoms with van der Waals surface area (Å²) in [5.74, 6) is 2.62. The van der Waals surface area contributed by atoms with Gasteiger partial charge in [-0.05, 0) is 0 Å². The van der Waals surface area contributed by atoms with E-state index in [9.17, 15) is 4.57 Å². The second kappa shape index (κ2) is 6.14. The van der Waals surface area contributed by atoms with Crippen LogP contribution < -0.4 is 17.0 Å². The summed E-state index contributed by atoms with van der Waals surface area (Å²) in [5.41, 5.74) is 0. The van der Waals surface area contributed by atoms with Crippen LogP contribution in [0.3, 0.4) is 0 Å². The molecule has 0 aromatic rings. The number of rotatable bonds is 2. The average Bonchev–Trinajstić information content (AvgIpc) is 1.64. The van der Waals surface area contributed by atoms with Crippen LogP contribution in [0.2, 0.25) is 0 Å². The van der Waals surface area contributed by atoms with Crippen LogP contribution in [0.4, 0.5) is 0 Å². The number of quaternary nitrogens is 1. The van der Waals surface area contributed by atoms with E-state index in [0.29, 0.717) is 11.0 Å². The van der Waals surface area contributed by atoms with Gasteiger partial charge in [0, 0.05) is 0 Å². The van der Waals surface area contributed by atoms with E-state index in [0.717, 1.165) is 0 Å². The fraction of sp³-hybridized carbons (Fsp3) is 0.800. The van der Waals surface area contributed by atoms with E-state index in [-0.39, 0.29) is 31.5 Å². The van der Waals surface area contributed by atoms with E-state index < -0.39 is 0 Å². The van der Waals surface area contributed by atoms with E-state index in [1.54, 1.807) is 0 Å². The van der Waals surface area contributed by atoms with Crippen LogP contribution in [-0.2, 0) is 4.57 Å². The SMILES string of the molecule is C[N+](C)(C#P=O)CCO.[Br-]. The third-order valence-electron chi connectivity index (χ3n) is 0.971. The fourth-order valence-electron chi connectivity index (χ4n) is 0.411. The van der Waals surface area contributed by atoms with Crippen LogP contribution in [0, 0.1) is 5.75 Å². The molecule has 0 heterocycles. The Morgan fingerprint density at radius 2 is 2.10 bits per heavy atom. The van der Waals surface area contributed by atoms with Gasteiger partial charge in [0.1, 0.15) is 0 Å². The van der Waals surface area contributed by atoms with Gasteiger partial charge >= 0.3 is 55.1 Å². The molecule has 60 valence electrons. The summed E-state index contributed by atoms with van der Waals surface area (Å²) < 4.78 is 10.3. The maximum Gasteiger partial charge on any atom is -1.00 e. The Morgan fingerprint density at radius 3 is 2.40 bits per heavy atom. The molecule has 0 saturated heterocycles. The molecule has 0 atom stereocenters. The van der Waals surface area contributed by atoms with Gasteiger partial charge < -0.3 is 17.0 Å². The summed E-state index contributed by atoms with van der Waals surface area (Å²) in [5, 5.41) is 8.47. The molecule has 0 amide bonds. The Morgan fingerprint density at radius 1 is 1.60 bits per heavy atom. The van der Waals surface area contributed by atoms with E-state index in [2.05, 4.69) is 5.75 Å². The molecule has 0 aromatic carbocycles. The Kier molecular flexibility index (Phi) is 8.00. The summed E-state index contributed by atoms with van der Waals surface area (Å²) in [7, 11) is 3.54. The average molecular weight is 228 g/mol. The zero-order chi connectivity index (χ0) is 7.33. The van der Waals surface area contributed by atoms with Gasteiger partial charge in [-0.3, -0.25) is 0 Å². The molecule has 0 aliphatic rings. The van der Waals surface area contributed by atoms with Gasteiger partial charge in [0.2, 0.25) is 0 Å². The topological polar surface area (TPSA) is 37.3 Å². The Bertz CT molecular complexity index is 175. The van der Waals surface area contributed by atoms with Gasteiger partial charge in [0.15, 0.2) is 0 Å². The number of halogens is 1. The third kappa shape index (κ3) is 6.53. The summed E-state index contributed by atoms with van der Waals surface area (Å²) in [6, 6.07) is 0. The largest absolute Gasteiger partial charge is 1.00 e. The van der Waals surface area contributed by atoms with Gasteiger partial charge in [-0.25, -0.2) is 0 Å². The van der Waals surface area contributed by atoms with Gasteiger partial charge in [-0.1, -0.05) is 0 Å². The second-order valence-electron chi connectivity index (χ2n) is 2.32. The molecule has 0 aliphatic heterocycles. The molecule has 0 saturated carbocycles. The number of aliphatic hydroxyl groups excluding tert-OH is 1. The third-order valence-corrected chi connectivity index (χ3v) is 1.59. The molecule has 3 nitrogen and oxygen atoms in total. The van der Waals surface area contributed by atoms with E-state index >= 15 is 0 Å². The molecular formula is C5H11BrNO2P. The first-order valence-electron chi connectivity index (χ1n) is 2.66. The van der Waals surface area contributed by atoms with Crippen molar-refractivity contribution in [2.75, 3.05) is 27.2 Å². The first-order chi connectivity index (χ1) is 4.12. The smallest absolute Gasteiger partial charge is 1.00 e. The number of hydrogen-bond acceptors (Lipinski definition) is 2. The van der Waals surface area contributed by atoms with Crippen molar-refractivity contribution < 1.29 is 31.1 Å². The maximum absolute atomic E-state index is 9.98. The van der Waals surface area contributed by atoms with Gasteiger partial charge in [-0.15, -0.1) is 0 Å². The monoisotopic (exact) mass is 227 g/mol. The number of hydrogen-bond donors (Lipinski definition) is 1. The van der Waals surface area contributed by atoms with Crippen molar-refractivity contribution in [1.82, 2.24) is 0 Å². The van der Waals surface area contributed by atoms with Crippen molar-refractivity contribution >= 4 is 7.92 Å². The van der Waals surface area contributed by atoms with Gasteiger partial charge in [0.25, 0.3) is 0 Å². The first-order valence-corrected chi connectivity index (χ1v) is 3.47. The molecule has 1 N–H and O–H groups in total. The Labute approximate surface area is 72.5 Å². The van der Waals surface area contributed by atoms with Crippen LogP contribution in [0.25, 0.3) is 0 Å². The Balaban J connectivity index is 0. The molecule has 0 unspecified atom stereocenters. The van der Waals surface area contributed by atoms with Crippen LogP contribution in [-0.4, -0.2) is 36.8 Å². The predicted octanol–water partition coefficient (Wildman–Crippen LogP) is -2.73. The van der Waals surface area contributed by atoms with Crippen molar-refractivity contribution in [1.29, 1.82) is 0 Å². The summed E-state index contributed by atoms with van der Waals surface area (Å²) in [4.78, 5) is 0. The van der Waals surface area contributed by atoms with Crippen molar-refractivity contribution in [3.8, 4) is 5.75 Å². The number of nitrogens with zero attached hydrogens (tertiary/aromatic N) is 1. The number of likely N-dealkylation sites (N-methyl/N-ethyl adjacent to an activating group) is 1. The molecule has 0 aromatic heterocycles. The van der Waals surface area contributed by atoms with Gasteiger partial charge in [-0.2, -0.15) is 0 Å². The summed E-state index contributed by atoms with van der Waals surface area (Å²) >= 11 is 0. The quantitative estimate of drug-likeness (QED) is 0.411. The predicted molar refractivity (Wildman–Crippen MR) is 35.6 cm³/mol. The zero-order valence-corrected chi connectivity index (χ0v) is 8.52. The minimum absolute atomic E-state index is 0. The molecule has 0 bridgehead atoms. The summed E-state index contributed by atoms with van der Waals surface area (Å²) in [6.45, 7) is 0.644. The maximum atomic E-state index is 9.98. The van der Waals surface area contributed by atoms with E-state index in [4.69, 9.17) is 5.11 Å². The molecule has 0 fully saturated rings. The molecule has 0 radical (unpaired) electrons. The van der Waals surface area contributed by atoms with E-state index in [1.165, 1.54) is 0 Å². The van der Waals surface area contributed by atoms with Crippen LogP contribution in [0.15, 0.2) is 0 Å². The van der Waals surface area contributed by atoms with Crippen LogP contribution in [0.1, 0.15) is 0 Å². The first kappa shape index (κ1) is 13.0. The Hall–Kier alpha value is 0.410. The zero-order valence-electron chi connectivity index (χ0n) is 6.04. The van der Waals surface area contributed by atoms with Gasteiger partial charge in [0.05, 0.1) is 0 Å². The van der Waals surface area contributed by atoms with Crippen LogP contribution >= 0.6 is 7.92 Å². The normalized spacial score (nSPS) is 9.50. The molecule has 10 heavy (non-hydrogen) atoms. The molecule has 0 rings (SSSR count).